The zero-order valence-electron chi connectivity index (χ0n) is 11.3. The van der Waals surface area contributed by atoms with Crippen molar-refractivity contribution in [1.82, 2.24) is 9.38 Å². The van der Waals surface area contributed by atoms with Crippen molar-refractivity contribution in [1.29, 1.82) is 0 Å². The van der Waals surface area contributed by atoms with Crippen molar-refractivity contribution in [2.75, 3.05) is 11.9 Å². The number of ether oxygens (including phenoxy) is 1. The van der Waals surface area contributed by atoms with Gasteiger partial charge in [-0.3, -0.25) is 4.40 Å². The molecule has 0 radical (unpaired) electrons. The molecule has 0 aliphatic heterocycles. The molecule has 0 fully saturated rings. The molecule has 2 aromatic rings. The Balaban J connectivity index is 2.19. The minimum absolute atomic E-state index is 0.350. The van der Waals surface area contributed by atoms with Crippen molar-refractivity contribution < 1.29 is 9.53 Å². The molecule has 5 heteroatoms. The summed E-state index contributed by atoms with van der Waals surface area (Å²) < 4.78 is 6.78. The Morgan fingerprint density at radius 2 is 2.37 bits per heavy atom. The quantitative estimate of drug-likeness (QED) is 0.677. The zero-order chi connectivity index (χ0) is 13.8. The van der Waals surface area contributed by atoms with Crippen LogP contribution >= 0.6 is 0 Å². The van der Waals surface area contributed by atoms with Crippen LogP contribution in [0.3, 0.4) is 0 Å². The Hall–Kier alpha value is -2.30. The molecule has 0 saturated heterocycles. The number of hydrogen-bond donors (Lipinski definition) is 1. The summed E-state index contributed by atoms with van der Waals surface area (Å²) in [5.41, 5.74) is 2.73. The van der Waals surface area contributed by atoms with Gasteiger partial charge in [-0.25, -0.2) is 9.78 Å². The SMILES string of the molecule is CCOC(=O)/C=C(\C)Nc1cnc2cc(C)ccn12. The highest BCUT2D eigenvalue weighted by Crippen LogP contribution is 2.14. The third-order valence-corrected chi connectivity index (χ3v) is 2.61. The molecule has 19 heavy (non-hydrogen) atoms. The van der Waals surface area contributed by atoms with Crippen LogP contribution in [0.4, 0.5) is 5.82 Å². The summed E-state index contributed by atoms with van der Waals surface area (Å²) in [7, 11) is 0. The highest BCUT2D eigenvalue weighted by Gasteiger charge is 2.04. The lowest BCUT2D eigenvalue weighted by atomic mass is 10.3. The van der Waals surface area contributed by atoms with Gasteiger partial charge in [0.25, 0.3) is 0 Å². The van der Waals surface area contributed by atoms with Crippen molar-refractivity contribution in [2.45, 2.75) is 20.8 Å². The van der Waals surface area contributed by atoms with Gasteiger partial charge in [0.05, 0.1) is 12.8 Å². The number of pyridine rings is 1. The first kappa shape index (κ1) is 13.1. The van der Waals surface area contributed by atoms with Crippen LogP contribution in [0, 0.1) is 6.92 Å². The molecule has 2 rings (SSSR count). The smallest absolute Gasteiger partial charge is 0.332 e. The van der Waals surface area contributed by atoms with Gasteiger partial charge in [0.2, 0.25) is 0 Å². The van der Waals surface area contributed by atoms with Crippen molar-refractivity contribution in [3.63, 3.8) is 0 Å². The molecular formula is C14H17N3O2. The Morgan fingerprint density at radius 3 is 3.11 bits per heavy atom. The van der Waals surface area contributed by atoms with E-state index in [1.54, 1.807) is 13.1 Å². The van der Waals surface area contributed by atoms with Gasteiger partial charge in [0, 0.05) is 18.0 Å². The minimum atomic E-state index is -0.350. The molecule has 0 aliphatic rings. The second-order valence-electron chi connectivity index (χ2n) is 4.28. The Labute approximate surface area is 111 Å². The van der Waals surface area contributed by atoms with Gasteiger partial charge in [0.15, 0.2) is 0 Å². The molecular weight excluding hydrogens is 242 g/mol. The van der Waals surface area contributed by atoms with E-state index < -0.39 is 0 Å². The van der Waals surface area contributed by atoms with Crippen molar-refractivity contribution >= 4 is 17.4 Å². The van der Waals surface area contributed by atoms with E-state index in [4.69, 9.17) is 4.74 Å². The lowest BCUT2D eigenvalue weighted by Crippen LogP contribution is -2.05. The molecule has 2 aromatic heterocycles. The molecule has 0 aliphatic carbocycles. The summed E-state index contributed by atoms with van der Waals surface area (Å²) >= 11 is 0. The monoisotopic (exact) mass is 259 g/mol. The number of aromatic nitrogens is 2. The van der Waals surface area contributed by atoms with Crippen LogP contribution in [-0.2, 0) is 9.53 Å². The molecule has 5 nitrogen and oxygen atoms in total. The molecule has 0 spiro atoms. The lowest BCUT2D eigenvalue weighted by molar-refractivity contribution is -0.137. The van der Waals surface area contributed by atoms with E-state index in [1.165, 1.54) is 6.08 Å². The minimum Gasteiger partial charge on any atom is -0.463 e. The first-order chi connectivity index (χ1) is 9.10. The summed E-state index contributed by atoms with van der Waals surface area (Å²) in [6.45, 7) is 5.98. The number of carbonyl (C=O) groups excluding carboxylic acids is 1. The standard InChI is InChI=1S/C14H17N3O2/c1-4-19-14(18)8-11(3)16-13-9-15-12-7-10(2)5-6-17(12)13/h5-9,16H,4H2,1-3H3/b11-8+. The average Bonchev–Trinajstić information content (AvgIpc) is 2.71. The third-order valence-electron chi connectivity index (χ3n) is 2.61. The van der Waals surface area contributed by atoms with Gasteiger partial charge in [-0.1, -0.05) is 0 Å². The fourth-order valence-electron chi connectivity index (χ4n) is 1.77. The fourth-order valence-corrected chi connectivity index (χ4v) is 1.77. The number of carbonyl (C=O) groups is 1. The molecule has 1 N–H and O–H groups in total. The summed E-state index contributed by atoms with van der Waals surface area (Å²) in [5, 5.41) is 3.13. The first-order valence-corrected chi connectivity index (χ1v) is 6.16. The van der Waals surface area contributed by atoms with E-state index >= 15 is 0 Å². The predicted octanol–water partition coefficient (Wildman–Crippen LogP) is 2.52. The van der Waals surface area contributed by atoms with Gasteiger partial charge in [-0.05, 0) is 38.5 Å². The number of nitrogens with one attached hydrogen (secondary N) is 1. The van der Waals surface area contributed by atoms with E-state index in [1.807, 2.05) is 36.6 Å². The number of rotatable bonds is 4. The number of anilines is 1. The van der Waals surface area contributed by atoms with E-state index in [-0.39, 0.29) is 5.97 Å². The van der Waals surface area contributed by atoms with Gasteiger partial charge in [-0.15, -0.1) is 0 Å². The topological polar surface area (TPSA) is 55.6 Å². The Bertz CT molecular complexity index is 629. The van der Waals surface area contributed by atoms with E-state index in [9.17, 15) is 4.79 Å². The number of imidazole rings is 1. The Morgan fingerprint density at radius 1 is 1.58 bits per heavy atom. The van der Waals surface area contributed by atoms with Crippen LogP contribution in [0.5, 0.6) is 0 Å². The largest absolute Gasteiger partial charge is 0.463 e. The summed E-state index contributed by atoms with van der Waals surface area (Å²) in [5.74, 6) is 0.463. The maximum atomic E-state index is 11.3. The highest BCUT2D eigenvalue weighted by atomic mass is 16.5. The van der Waals surface area contributed by atoms with Crippen molar-refractivity contribution in [3.05, 3.63) is 41.9 Å². The number of allylic oxidation sites excluding steroid dienone is 1. The van der Waals surface area contributed by atoms with Gasteiger partial charge in [-0.2, -0.15) is 0 Å². The van der Waals surface area contributed by atoms with Gasteiger partial charge < -0.3 is 10.1 Å². The fraction of sp³-hybridized carbons (Fsp3) is 0.286. The van der Waals surface area contributed by atoms with Gasteiger partial charge in [0.1, 0.15) is 11.5 Å². The normalized spacial score (nSPS) is 11.6. The lowest BCUT2D eigenvalue weighted by Gasteiger charge is -2.06. The third kappa shape index (κ3) is 3.13. The van der Waals surface area contributed by atoms with Crippen LogP contribution in [0.25, 0.3) is 5.65 Å². The number of aryl methyl sites for hydroxylation is 1. The summed E-state index contributed by atoms with van der Waals surface area (Å²) in [4.78, 5) is 15.6. The maximum Gasteiger partial charge on any atom is 0.332 e. The van der Waals surface area contributed by atoms with Crippen LogP contribution in [0.2, 0.25) is 0 Å². The number of nitrogens with zero attached hydrogens (tertiary/aromatic N) is 2. The van der Waals surface area contributed by atoms with Crippen LogP contribution in [-0.4, -0.2) is 22.0 Å². The van der Waals surface area contributed by atoms with Crippen LogP contribution < -0.4 is 5.32 Å². The second kappa shape index (κ2) is 5.56. The summed E-state index contributed by atoms with van der Waals surface area (Å²) in [6, 6.07) is 4.00. The van der Waals surface area contributed by atoms with Crippen LogP contribution in [0.1, 0.15) is 19.4 Å². The first-order valence-electron chi connectivity index (χ1n) is 6.16. The molecule has 100 valence electrons. The van der Waals surface area contributed by atoms with E-state index in [0.717, 1.165) is 17.0 Å². The van der Waals surface area contributed by atoms with Crippen molar-refractivity contribution in [3.8, 4) is 0 Å². The molecule has 2 heterocycles. The van der Waals surface area contributed by atoms with Crippen molar-refractivity contribution in [2.24, 2.45) is 0 Å². The molecule has 0 amide bonds. The molecule has 0 bridgehead atoms. The van der Waals surface area contributed by atoms with Crippen LogP contribution in [0.15, 0.2) is 36.3 Å². The average molecular weight is 259 g/mol. The van der Waals surface area contributed by atoms with E-state index in [0.29, 0.717) is 12.3 Å². The second-order valence-corrected chi connectivity index (χ2v) is 4.28. The molecule has 0 atom stereocenters. The molecule has 0 saturated carbocycles. The summed E-state index contributed by atoms with van der Waals surface area (Å²) in [6.07, 6.45) is 5.10. The Kier molecular flexibility index (Phi) is 3.85. The molecule has 0 unspecified atom stereocenters. The maximum absolute atomic E-state index is 11.3. The van der Waals surface area contributed by atoms with Gasteiger partial charge >= 0.3 is 5.97 Å². The zero-order valence-corrected chi connectivity index (χ0v) is 11.3. The number of esters is 1. The number of hydrogen-bond acceptors (Lipinski definition) is 4. The number of fused-ring (bicyclic) bond motifs is 1. The highest BCUT2D eigenvalue weighted by molar-refractivity contribution is 5.83. The van der Waals surface area contributed by atoms with E-state index in [2.05, 4.69) is 10.3 Å². The predicted molar refractivity (Wildman–Crippen MR) is 73.9 cm³/mol. The molecule has 0 aromatic carbocycles.